The van der Waals surface area contributed by atoms with Gasteiger partial charge in [0.1, 0.15) is 5.54 Å². The summed E-state index contributed by atoms with van der Waals surface area (Å²) in [6, 6.07) is 4.49. The zero-order chi connectivity index (χ0) is 14.0. The van der Waals surface area contributed by atoms with E-state index in [1.807, 2.05) is 0 Å². The van der Waals surface area contributed by atoms with Crippen LogP contribution in [0.4, 0.5) is 10.5 Å². The first kappa shape index (κ1) is 14.1. The van der Waals surface area contributed by atoms with Gasteiger partial charge in [0.15, 0.2) is 0 Å². The minimum atomic E-state index is -1.13. The zero-order valence-corrected chi connectivity index (χ0v) is 12.2. The van der Waals surface area contributed by atoms with E-state index in [1.54, 1.807) is 18.2 Å². The van der Waals surface area contributed by atoms with E-state index in [0.29, 0.717) is 28.0 Å². The number of hydrogen-bond acceptors (Lipinski definition) is 2. The van der Waals surface area contributed by atoms with Crippen LogP contribution in [0.5, 0.6) is 0 Å². The highest BCUT2D eigenvalue weighted by molar-refractivity contribution is 9.10. The third-order valence-electron chi connectivity index (χ3n) is 3.17. The lowest BCUT2D eigenvalue weighted by atomic mass is 9.77. The number of aliphatic carboxylic acids is 1. The third kappa shape index (κ3) is 2.84. The first-order chi connectivity index (χ1) is 8.94. The number of benzene rings is 1. The Balaban J connectivity index is 2.06. The molecule has 0 aliphatic heterocycles. The number of anilines is 1. The van der Waals surface area contributed by atoms with Crippen molar-refractivity contribution in [2.75, 3.05) is 5.32 Å². The van der Waals surface area contributed by atoms with Crippen LogP contribution < -0.4 is 10.6 Å². The molecule has 1 fully saturated rings. The molecule has 0 saturated heterocycles. The molecule has 102 valence electrons. The van der Waals surface area contributed by atoms with Crippen LogP contribution in [0.1, 0.15) is 19.3 Å². The molecule has 1 aromatic rings. The lowest BCUT2D eigenvalue weighted by Crippen LogP contribution is -2.60. The summed E-state index contributed by atoms with van der Waals surface area (Å²) in [5.74, 6) is -1.00. The van der Waals surface area contributed by atoms with Crippen LogP contribution >= 0.6 is 27.5 Å². The van der Waals surface area contributed by atoms with Gasteiger partial charge < -0.3 is 15.7 Å². The molecule has 0 bridgehead atoms. The molecule has 0 unspecified atom stereocenters. The van der Waals surface area contributed by atoms with Crippen LogP contribution in [0.15, 0.2) is 22.7 Å². The van der Waals surface area contributed by atoms with Gasteiger partial charge in [0.2, 0.25) is 0 Å². The van der Waals surface area contributed by atoms with Crippen LogP contribution in [-0.4, -0.2) is 22.6 Å². The standard InChI is InChI=1S/C12H12BrClN2O3/c13-9-7(14)3-1-4-8(9)15-11(19)16-12(10(17)18)5-2-6-12/h1,3-4H,2,5-6H2,(H,17,18)(H2,15,16,19). The molecule has 7 heteroatoms. The summed E-state index contributed by atoms with van der Waals surface area (Å²) in [5.41, 5.74) is -0.639. The molecule has 5 nitrogen and oxygen atoms in total. The Hall–Kier alpha value is -1.27. The number of carbonyl (C=O) groups is 2. The lowest BCUT2D eigenvalue weighted by molar-refractivity contribution is -0.148. The number of carboxylic acids is 1. The monoisotopic (exact) mass is 346 g/mol. The van der Waals surface area contributed by atoms with E-state index >= 15 is 0 Å². The summed E-state index contributed by atoms with van der Waals surface area (Å²) in [7, 11) is 0. The number of halogens is 2. The van der Waals surface area contributed by atoms with Crippen molar-refractivity contribution in [1.29, 1.82) is 0 Å². The maximum atomic E-state index is 11.8. The molecular weight excluding hydrogens is 336 g/mol. The zero-order valence-electron chi connectivity index (χ0n) is 9.87. The molecule has 1 aliphatic rings. The van der Waals surface area contributed by atoms with Crippen molar-refractivity contribution in [2.24, 2.45) is 0 Å². The molecule has 0 heterocycles. The molecule has 0 radical (unpaired) electrons. The Morgan fingerprint density at radius 1 is 1.37 bits per heavy atom. The summed E-state index contributed by atoms with van der Waals surface area (Å²) in [4.78, 5) is 23.0. The van der Waals surface area contributed by atoms with Gasteiger partial charge in [-0.3, -0.25) is 0 Å². The topological polar surface area (TPSA) is 78.4 Å². The van der Waals surface area contributed by atoms with E-state index in [1.165, 1.54) is 0 Å². The van der Waals surface area contributed by atoms with Gasteiger partial charge in [-0.2, -0.15) is 0 Å². The SMILES string of the molecule is O=C(Nc1cccc(Cl)c1Br)NC1(C(=O)O)CCC1. The molecule has 1 aromatic carbocycles. The summed E-state index contributed by atoms with van der Waals surface area (Å²) in [6.45, 7) is 0. The molecule has 0 atom stereocenters. The maximum Gasteiger partial charge on any atom is 0.329 e. The van der Waals surface area contributed by atoms with Crippen LogP contribution in [-0.2, 0) is 4.79 Å². The van der Waals surface area contributed by atoms with Gasteiger partial charge in [0, 0.05) is 0 Å². The van der Waals surface area contributed by atoms with Crippen LogP contribution in [0.25, 0.3) is 0 Å². The van der Waals surface area contributed by atoms with E-state index in [0.717, 1.165) is 6.42 Å². The summed E-state index contributed by atoms with van der Waals surface area (Å²) in [6.07, 6.45) is 1.70. The largest absolute Gasteiger partial charge is 0.480 e. The van der Waals surface area contributed by atoms with Crippen molar-refractivity contribution < 1.29 is 14.7 Å². The molecule has 0 aromatic heterocycles. The third-order valence-corrected chi connectivity index (χ3v) is 4.57. The molecule has 2 rings (SSSR count). The van der Waals surface area contributed by atoms with E-state index < -0.39 is 17.5 Å². The van der Waals surface area contributed by atoms with E-state index in [-0.39, 0.29) is 0 Å². The van der Waals surface area contributed by atoms with Crippen LogP contribution in [0.2, 0.25) is 5.02 Å². The van der Waals surface area contributed by atoms with Gasteiger partial charge in [-0.15, -0.1) is 0 Å². The predicted molar refractivity (Wildman–Crippen MR) is 75.5 cm³/mol. The van der Waals surface area contributed by atoms with Gasteiger partial charge in [-0.1, -0.05) is 17.7 Å². The van der Waals surface area contributed by atoms with Gasteiger partial charge >= 0.3 is 12.0 Å². The van der Waals surface area contributed by atoms with Crippen LogP contribution in [0, 0.1) is 0 Å². The first-order valence-corrected chi connectivity index (χ1v) is 6.88. The number of amides is 2. The number of carbonyl (C=O) groups excluding carboxylic acids is 1. The van der Waals surface area contributed by atoms with Gasteiger partial charge in [0.05, 0.1) is 15.2 Å². The smallest absolute Gasteiger partial charge is 0.329 e. The molecule has 3 N–H and O–H groups in total. The van der Waals surface area contributed by atoms with E-state index in [2.05, 4.69) is 26.6 Å². The van der Waals surface area contributed by atoms with E-state index in [4.69, 9.17) is 16.7 Å². The molecular formula is C12H12BrClN2O3. The summed E-state index contributed by atoms with van der Waals surface area (Å²) >= 11 is 9.16. The van der Waals surface area contributed by atoms with Crippen molar-refractivity contribution in [2.45, 2.75) is 24.8 Å². The first-order valence-electron chi connectivity index (χ1n) is 5.71. The fourth-order valence-electron chi connectivity index (χ4n) is 1.89. The Morgan fingerprint density at radius 3 is 2.58 bits per heavy atom. The van der Waals surface area contributed by atoms with Crippen molar-refractivity contribution in [1.82, 2.24) is 5.32 Å². The molecule has 19 heavy (non-hydrogen) atoms. The number of nitrogens with one attached hydrogen (secondary N) is 2. The van der Waals surface area contributed by atoms with Gasteiger partial charge in [-0.05, 0) is 47.3 Å². The van der Waals surface area contributed by atoms with Gasteiger partial charge in [-0.25, -0.2) is 9.59 Å². The molecule has 0 spiro atoms. The molecule has 1 aliphatic carbocycles. The van der Waals surface area contributed by atoms with Crippen molar-refractivity contribution in [3.8, 4) is 0 Å². The number of urea groups is 1. The second kappa shape index (κ2) is 5.38. The Morgan fingerprint density at radius 2 is 2.05 bits per heavy atom. The Bertz CT molecular complexity index is 532. The summed E-state index contributed by atoms with van der Waals surface area (Å²) < 4.78 is 0.560. The fourth-order valence-corrected chi connectivity index (χ4v) is 2.43. The molecule has 2 amide bonds. The van der Waals surface area contributed by atoms with Gasteiger partial charge in [0.25, 0.3) is 0 Å². The highest BCUT2D eigenvalue weighted by Crippen LogP contribution is 2.33. The van der Waals surface area contributed by atoms with Crippen LogP contribution in [0.3, 0.4) is 0 Å². The average molecular weight is 348 g/mol. The van der Waals surface area contributed by atoms with Crippen molar-refractivity contribution in [3.05, 3.63) is 27.7 Å². The van der Waals surface area contributed by atoms with E-state index in [9.17, 15) is 9.59 Å². The Kier molecular flexibility index (Phi) is 4.01. The predicted octanol–water partition coefficient (Wildman–Crippen LogP) is 3.23. The minimum Gasteiger partial charge on any atom is -0.480 e. The fraction of sp³-hybridized carbons (Fsp3) is 0.333. The number of rotatable bonds is 3. The van der Waals surface area contributed by atoms with Crippen molar-refractivity contribution in [3.63, 3.8) is 0 Å². The second-order valence-electron chi connectivity index (χ2n) is 4.42. The lowest BCUT2D eigenvalue weighted by Gasteiger charge is -2.38. The maximum absolute atomic E-state index is 11.8. The number of hydrogen-bond donors (Lipinski definition) is 3. The quantitative estimate of drug-likeness (QED) is 0.785. The van der Waals surface area contributed by atoms with Crippen molar-refractivity contribution >= 4 is 45.2 Å². The second-order valence-corrected chi connectivity index (χ2v) is 5.62. The Labute approximate surface area is 123 Å². The number of carboxylic acid groups (broad SMARTS) is 1. The average Bonchev–Trinajstić information content (AvgIpc) is 2.29. The molecule has 1 saturated carbocycles. The highest BCUT2D eigenvalue weighted by atomic mass is 79.9. The normalized spacial score (nSPS) is 16.3. The highest BCUT2D eigenvalue weighted by Gasteiger charge is 2.45. The minimum absolute atomic E-state index is 0.451. The summed E-state index contributed by atoms with van der Waals surface area (Å²) in [5, 5.41) is 14.7.